The summed E-state index contributed by atoms with van der Waals surface area (Å²) in [6, 6.07) is 4.86. The van der Waals surface area contributed by atoms with Crippen LogP contribution in [0.25, 0.3) is 22.2 Å². The third kappa shape index (κ3) is 4.73. The van der Waals surface area contributed by atoms with Gasteiger partial charge < -0.3 is 11.1 Å². The van der Waals surface area contributed by atoms with Gasteiger partial charge in [-0.05, 0) is 43.5 Å². The number of piperidine rings is 1. The Morgan fingerprint density at radius 3 is 2.66 bits per heavy atom. The summed E-state index contributed by atoms with van der Waals surface area (Å²) in [5.41, 5.74) is 8.36. The molecule has 0 amide bonds. The molecule has 0 radical (unpaired) electrons. The molecule has 2 unspecified atom stereocenters. The zero-order valence-electron chi connectivity index (χ0n) is 17.9. The van der Waals surface area contributed by atoms with Gasteiger partial charge in [0.2, 0.25) is 16.0 Å². The van der Waals surface area contributed by atoms with Crippen molar-refractivity contribution in [1.29, 1.82) is 0 Å². The van der Waals surface area contributed by atoms with Crippen LogP contribution >= 0.6 is 9.24 Å². The third-order valence-corrected chi connectivity index (χ3v) is 7.40. The lowest BCUT2D eigenvalue weighted by atomic mass is 10.00. The molecule has 1 fully saturated rings. The van der Waals surface area contributed by atoms with Crippen LogP contribution in [0.1, 0.15) is 31.4 Å². The van der Waals surface area contributed by atoms with Crippen LogP contribution in [0.4, 0.5) is 10.3 Å². The van der Waals surface area contributed by atoms with Gasteiger partial charge in [-0.15, -0.1) is 9.24 Å². The molecule has 0 saturated carbocycles. The maximum atomic E-state index is 14.9. The fourth-order valence-corrected chi connectivity index (χ4v) is 5.15. The van der Waals surface area contributed by atoms with Crippen LogP contribution < -0.4 is 16.4 Å². The molecular weight excluding hydrogens is 450 g/mol. The molecule has 8 nitrogen and oxygen atoms in total. The second kappa shape index (κ2) is 8.94. The second-order valence-corrected chi connectivity index (χ2v) is 10.7. The van der Waals surface area contributed by atoms with E-state index in [1.165, 1.54) is 16.6 Å². The average Bonchev–Trinajstić information content (AvgIpc) is 2.74. The molecule has 170 valence electrons. The fraction of sp³-hybridized carbons (Fsp3) is 0.381. The molecule has 1 aliphatic heterocycles. The zero-order chi connectivity index (χ0) is 23.0. The summed E-state index contributed by atoms with van der Waals surface area (Å²) >= 11 is 0. The number of hydrogen-bond acceptors (Lipinski definition) is 7. The van der Waals surface area contributed by atoms with E-state index in [-0.39, 0.29) is 17.6 Å². The number of sulfonamides is 1. The van der Waals surface area contributed by atoms with Crippen molar-refractivity contribution in [1.82, 2.24) is 19.3 Å². The summed E-state index contributed by atoms with van der Waals surface area (Å²) in [5.74, 6) is -0.0196. The number of rotatable bonds is 5. The van der Waals surface area contributed by atoms with Gasteiger partial charge in [-0.3, -0.25) is 4.98 Å². The molecule has 1 aliphatic rings. The predicted molar refractivity (Wildman–Crippen MR) is 128 cm³/mol. The molecule has 1 saturated heterocycles. The smallest absolute Gasteiger partial charge is 0.223 e. The SMILES string of the molecule is CC(N)c1ccnc2c(F)cc(-c3nc(NC4CCN(S(C)(=O)=O)CC4)ncc3P)cc12. The van der Waals surface area contributed by atoms with Gasteiger partial charge in [-0.2, -0.15) is 0 Å². The molecule has 2 atom stereocenters. The molecule has 32 heavy (non-hydrogen) atoms. The van der Waals surface area contributed by atoms with Crippen LogP contribution in [-0.2, 0) is 10.0 Å². The molecule has 2 aromatic heterocycles. The van der Waals surface area contributed by atoms with E-state index in [0.717, 1.165) is 10.9 Å². The Morgan fingerprint density at radius 2 is 2.00 bits per heavy atom. The molecule has 1 aromatic carbocycles. The first-order valence-corrected chi connectivity index (χ1v) is 12.7. The monoisotopic (exact) mass is 476 g/mol. The van der Waals surface area contributed by atoms with Gasteiger partial charge in [0, 0.05) is 53.8 Å². The van der Waals surface area contributed by atoms with Gasteiger partial charge in [-0.25, -0.2) is 27.1 Å². The van der Waals surface area contributed by atoms with E-state index in [1.54, 1.807) is 18.5 Å². The first kappa shape index (κ1) is 22.9. The van der Waals surface area contributed by atoms with E-state index < -0.39 is 15.8 Å². The Morgan fingerprint density at radius 1 is 1.28 bits per heavy atom. The lowest BCUT2D eigenvalue weighted by molar-refractivity contribution is 0.331. The first-order valence-electron chi connectivity index (χ1n) is 10.3. The van der Waals surface area contributed by atoms with Crippen molar-refractivity contribution in [2.75, 3.05) is 24.7 Å². The fourth-order valence-electron chi connectivity index (χ4n) is 3.97. The Kier molecular flexibility index (Phi) is 6.40. The molecule has 4 rings (SSSR count). The van der Waals surface area contributed by atoms with Gasteiger partial charge in [0.25, 0.3) is 0 Å². The normalized spacial score (nSPS) is 16.9. The minimum atomic E-state index is -3.18. The Labute approximate surface area is 189 Å². The van der Waals surface area contributed by atoms with Crippen LogP contribution in [0.2, 0.25) is 0 Å². The van der Waals surface area contributed by atoms with E-state index in [1.807, 2.05) is 13.0 Å². The highest BCUT2D eigenvalue weighted by atomic mass is 32.2. The average molecular weight is 477 g/mol. The Hall–Kier alpha value is -2.26. The number of nitrogens with two attached hydrogens (primary N) is 1. The largest absolute Gasteiger partial charge is 0.351 e. The number of hydrogen-bond donors (Lipinski definition) is 2. The molecule has 3 heterocycles. The molecule has 0 spiro atoms. The van der Waals surface area contributed by atoms with E-state index >= 15 is 0 Å². The quantitative estimate of drug-likeness (QED) is 0.543. The van der Waals surface area contributed by atoms with Gasteiger partial charge in [0.15, 0.2) is 0 Å². The number of fused-ring (bicyclic) bond motifs is 1. The van der Waals surface area contributed by atoms with Crippen molar-refractivity contribution in [3.8, 4) is 11.3 Å². The van der Waals surface area contributed by atoms with E-state index in [0.29, 0.717) is 48.5 Å². The summed E-state index contributed by atoms with van der Waals surface area (Å²) in [5, 5.41) is 4.68. The van der Waals surface area contributed by atoms with E-state index in [9.17, 15) is 12.8 Å². The first-order chi connectivity index (χ1) is 15.1. The number of pyridine rings is 1. The lowest BCUT2D eigenvalue weighted by Crippen LogP contribution is -2.42. The Balaban J connectivity index is 1.64. The molecule has 0 bridgehead atoms. The molecule has 0 aliphatic carbocycles. The maximum absolute atomic E-state index is 14.9. The number of benzene rings is 1. The van der Waals surface area contributed by atoms with E-state index in [2.05, 4.69) is 29.5 Å². The minimum absolute atomic E-state index is 0.0541. The number of halogens is 1. The van der Waals surface area contributed by atoms with Crippen molar-refractivity contribution in [3.63, 3.8) is 0 Å². The van der Waals surface area contributed by atoms with Crippen molar-refractivity contribution >= 4 is 41.4 Å². The topological polar surface area (TPSA) is 114 Å². The third-order valence-electron chi connectivity index (χ3n) is 5.67. The number of nitrogens with one attached hydrogen (secondary N) is 1. The summed E-state index contributed by atoms with van der Waals surface area (Å²) in [4.78, 5) is 13.2. The number of aromatic nitrogens is 3. The molecular formula is C21H26FN6O2PS. The van der Waals surface area contributed by atoms with Crippen molar-refractivity contribution in [3.05, 3.63) is 42.0 Å². The summed E-state index contributed by atoms with van der Waals surface area (Å²) < 4.78 is 39.8. The highest BCUT2D eigenvalue weighted by Gasteiger charge is 2.25. The predicted octanol–water partition coefficient (Wildman–Crippen LogP) is 2.19. The standard InChI is InChI=1S/C21H26FN6O2PS/c1-12(23)15-3-6-24-20-16(15)9-13(10-17(20)22)19-18(31)11-25-21(27-19)26-14-4-7-28(8-5-14)32(2,29)30/h3,6,9-12,14H,4-5,7-8,23,31H2,1-2H3,(H,25,26,27). The summed E-state index contributed by atoms with van der Waals surface area (Å²) in [6.45, 7) is 2.75. The Bertz CT molecular complexity index is 1260. The number of anilines is 1. The minimum Gasteiger partial charge on any atom is -0.351 e. The van der Waals surface area contributed by atoms with E-state index in [4.69, 9.17) is 5.73 Å². The lowest BCUT2D eigenvalue weighted by Gasteiger charge is -2.30. The van der Waals surface area contributed by atoms with Gasteiger partial charge in [-0.1, -0.05) is 0 Å². The van der Waals surface area contributed by atoms with Crippen molar-refractivity contribution < 1.29 is 12.8 Å². The van der Waals surface area contributed by atoms with Crippen LogP contribution in [0.3, 0.4) is 0 Å². The number of nitrogens with zero attached hydrogens (tertiary/aromatic N) is 4. The van der Waals surface area contributed by atoms with Gasteiger partial charge in [0.05, 0.1) is 11.9 Å². The molecule has 11 heteroatoms. The van der Waals surface area contributed by atoms with Crippen LogP contribution in [0.5, 0.6) is 0 Å². The zero-order valence-corrected chi connectivity index (χ0v) is 19.9. The highest BCUT2D eigenvalue weighted by Crippen LogP contribution is 2.29. The van der Waals surface area contributed by atoms with Crippen LogP contribution in [-0.4, -0.2) is 53.1 Å². The van der Waals surface area contributed by atoms with Crippen LogP contribution in [0, 0.1) is 5.82 Å². The summed E-state index contributed by atoms with van der Waals surface area (Å²) in [7, 11) is -0.596. The van der Waals surface area contributed by atoms with Gasteiger partial charge >= 0.3 is 0 Å². The second-order valence-electron chi connectivity index (χ2n) is 8.12. The highest BCUT2D eigenvalue weighted by molar-refractivity contribution is 7.88. The molecule has 3 aromatic rings. The van der Waals surface area contributed by atoms with Crippen molar-refractivity contribution in [2.24, 2.45) is 5.73 Å². The molecule has 3 N–H and O–H groups in total. The summed E-state index contributed by atoms with van der Waals surface area (Å²) in [6.07, 6.45) is 5.76. The maximum Gasteiger partial charge on any atom is 0.223 e. The van der Waals surface area contributed by atoms with Crippen molar-refractivity contribution in [2.45, 2.75) is 31.8 Å². The van der Waals surface area contributed by atoms with Crippen LogP contribution in [0.15, 0.2) is 30.6 Å². The van der Waals surface area contributed by atoms with Gasteiger partial charge in [0.1, 0.15) is 11.3 Å².